The second kappa shape index (κ2) is 4.89. The second-order valence-electron chi connectivity index (χ2n) is 5.03. The molecule has 1 amide bonds. The number of aromatic hydroxyl groups is 1. The van der Waals surface area contributed by atoms with Crippen LogP contribution in [0.2, 0.25) is 0 Å². The molecule has 0 radical (unpaired) electrons. The third-order valence-electron chi connectivity index (χ3n) is 3.52. The highest BCUT2D eigenvalue weighted by Crippen LogP contribution is 2.35. The summed E-state index contributed by atoms with van der Waals surface area (Å²) < 4.78 is 0. The van der Waals surface area contributed by atoms with Crippen LogP contribution in [0.4, 0.5) is 17.1 Å². The Morgan fingerprint density at radius 3 is 2.60 bits per heavy atom. The van der Waals surface area contributed by atoms with Gasteiger partial charge in [0.2, 0.25) is 5.91 Å². The third-order valence-corrected chi connectivity index (χ3v) is 3.52. The van der Waals surface area contributed by atoms with Gasteiger partial charge in [-0.15, -0.1) is 0 Å². The van der Waals surface area contributed by atoms with Gasteiger partial charge in [0, 0.05) is 12.2 Å². The number of hydrogen-bond donors (Lipinski definition) is 2. The SMILES string of the molecule is CC1CN(c2ccc(O)cc2)c2ccccc2NC1=O. The monoisotopic (exact) mass is 268 g/mol. The van der Waals surface area contributed by atoms with Crippen LogP contribution in [0.3, 0.4) is 0 Å². The van der Waals surface area contributed by atoms with Gasteiger partial charge in [0.05, 0.1) is 17.3 Å². The summed E-state index contributed by atoms with van der Waals surface area (Å²) in [4.78, 5) is 14.1. The Labute approximate surface area is 117 Å². The number of phenols is 1. The van der Waals surface area contributed by atoms with Crippen molar-refractivity contribution in [2.45, 2.75) is 6.92 Å². The Hall–Kier alpha value is -2.49. The van der Waals surface area contributed by atoms with E-state index in [-0.39, 0.29) is 17.6 Å². The van der Waals surface area contributed by atoms with Crippen molar-refractivity contribution in [2.24, 2.45) is 5.92 Å². The average molecular weight is 268 g/mol. The van der Waals surface area contributed by atoms with Gasteiger partial charge in [0.1, 0.15) is 5.75 Å². The number of phenolic OH excluding ortho intramolecular Hbond substituents is 1. The molecular weight excluding hydrogens is 252 g/mol. The molecule has 20 heavy (non-hydrogen) atoms. The molecule has 1 atom stereocenters. The molecule has 1 heterocycles. The van der Waals surface area contributed by atoms with E-state index in [2.05, 4.69) is 10.2 Å². The van der Waals surface area contributed by atoms with E-state index in [1.54, 1.807) is 12.1 Å². The Morgan fingerprint density at radius 2 is 1.85 bits per heavy atom. The lowest BCUT2D eigenvalue weighted by molar-refractivity contribution is -0.119. The average Bonchev–Trinajstić information content (AvgIpc) is 2.58. The van der Waals surface area contributed by atoms with Crippen molar-refractivity contribution in [1.29, 1.82) is 0 Å². The molecule has 1 aliphatic rings. The molecule has 2 aromatic carbocycles. The number of amides is 1. The minimum absolute atomic E-state index is 0.0266. The predicted octanol–water partition coefficient (Wildman–Crippen LogP) is 3.12. The number of rotatable bonds is 1. The van der Waals surface area contributed by atoms with E-state index in [9.17, 15) is 9.90 Å². The van der Waals surface area contributed by atoms with Gasteiger partial charge in [0.15, 0.2) is 0 Å². The van der Waals surface area contributed by atoms with E-state index in [1.165, 1.54) is 0 Å². The zero-order valence-electron chi connectivity index (χ0n) is 11.2. The summed E-state index contributed by atoms with van der Waals surface area (Å²) in [6, 6.07) is 14.8. The number of hydrogen-bond acceptors (Lipinski definition) is 3. The Morgan fingerprint density at radius 1 is 1.15 bits per heavy atom. The van der Waals surface area contributed by atoms with Gasteiger partial charge in [0.25, 0.3) is 0 Å². The van der Waals surface area contributed by atoms with E-state index < -0.39 is 0 Å². The maximum Gasteiger partial charge on any atom is 0.229 e. The fourth-order valence-electron chi connectivity index (χ4n) is 2.40. The summed E-state index contributed by atoms with van der Waals surface area (Å²) in [5.74, 6) is 0.147. The maximum atomic E-state index is 12.0. The molecule has 2 aromatic rings. The number of carbonyl (C=O) groups excluding carboxylic acids is 1. The molecule has 0 saturated carbocycles. The number of para-hydroxylation sites is 2. The van der Waals surface area contributed by atoms with Crippen LogP contribution in [0.1, 0.15) is 6.92 Å². The van der Waals surface area contributed by atoms with Crippen molar-refractivity contribution in [2.75, 3.05) is 16.8 Å². The Bertz CT molecular complexity index is 637. The zero-order chi connectivity index (χ0) is 14.1. The Kier molecular flexibility index (Phi) is 3.06. The summed E-state index contributed by atoms with van der Waals surface area (Å²) in [5.41, 5.74) is 2.74. The molecule has 102 valence electrons. The molecule has 1 unspecified atom stereocenters. The number of anilines is 3. The molecular formula is C16H16N2O2. The molecule has 0 spiro atoms. The first-order valence-electron chi connectivity index (χ1n) is 6.61. The van der Waals surface area contributed by atoms with E-state index in [1.807, 2.05) is 43.3 Å². The van der Waals surface area contributed by atoms with Crippen LogP contribution in [0.15, 0.2) is 48.5 Å². The summed E-state index contributed by atoms with van der Waals surface area (Å²) in [7, 11) is 0. The molecule has 3 rings (SSSR count). The molecule has 4 heteroatoms. The first-order valence-corrected chi connectivity index (χ1v) is 6.61. The summed E-state index contributed by atoms with van der Waals surface area (Å²) in [5, 5.41) is 12.4. The molecule has 0 aromatic heterocycles. The second-order valence-corrected chi connectivity index (χ2v) is 5.03. The number of nitrogens with one attached hydrogen (secondary N) is 1. The number of fused-ring (bicyclic) bond motifs is 1. The lowest BCUT2D eigenvalue weighted by Crippen LogP contribution is -2.27. The van der Waals surface area contributed by atoms with Crippen molar-refractivity contribution < 1.29 is 9.90 Å². The number of nitrogens with zero attached hydrogens (tertiary/aromatic N) is 1. The predicted molar refractivity (Wildman–Crippen MR) is 79.3 cm³/mol. The van der Waals surface area contributed by atoms with Gasteiger partial charge < -0.3 is 15.3 Å². The van der Waals surface area contributed by atoms with Gasteiger partial charge in [-0.05, 0) is 36.4 Å². The summed E-state index contributed by atoms with van der Waals surface area (Å²) >= 11 is 0. The highest BCUT2D eigenvalue weighted by atomic mass is 16.3. The van der Waals surface area contributed by atoms with E-state index in [4.69, 9.17) is 0 Å². The van der Waals surface area contributed by atoms with Crippen LogP contribution in [-0.2, 0) is 4.79 Å². The van der Waals surface area contributed by atoms with Crippen molar-refractivity contribution in [1.82, 2.24) is 0 Å². The van der Waals surface area contributed by atoms with Gasteiger partial charge >= 0.3 is 0 Å². The van der Waals surface area contributed by atoms with E-state index in [0.717, 1.165) is 17.1 Å². The fourth-order valence-corrected chi connectivity index (χ4v) is 2.40. The largest absolute Gasteiger partial charge is 0.508 e. The van der Waals surface area contributed by atoms with Crippen molar-refractivity contribution >= 4 is 23.0 Å². The van der Waals surface area contributed by atoms with Gasteiger partial charge in [-0.3, -0.25) is 4.79 Å². The van der Waals surface area contributed by atoms with Crippen molar-refractivity contribution in [3.8, 4) is 5.75 Å². The standard InChI is InChI=1S/C16H16N2O2/c1-11-10-18(12-6-8-13(19)9-7-12)15-5-3-2-4-14(15)17-16(11)20/h2-9,11,19H,10H2,1H3,(H,17,20). The van der Waals surface area contributed by atoms with Crippen LogP contribution in [0, 0.1) is 5.92 Å². The van der Waals surface area contributed by atoms with Crippen molar-refractivity contribution in [3.63, 3.8) is 0 Å². The van der Waals surface area contributed by atoms with Gasteiger partial charge in [-0.1, -0.05) is 19.1 Å². The smallest absolute Gasteiger partial charge is 0.229 e. The number of carbonyl (C=O) groups is 1. The summed E-state index contributed by atoms with van der Waals surface area (Å²) in [6.07, 6.45) is 0. The quantitative estimate of drug-likeness (QED) is 0.835. The highest BCUT2D eigenvalue weighted by molar-refractivity contribution is 5.98. The van der Waals surface area contributed by atoms with Crippen LogP contribution in [-0.4, -0.2) is 17.6 Å². The fraction of sp³-hybridized carbons (Fsp3) is 0.188. The van der Waals surface area contributed by atoms with E-state index in [0.29, 0.717) is 6.54 Å². The van der Waals surface area contributed by atoms with Crippen LogP contribution < -0.4 is 10.2 Å². The van der Waals surface area contributed by atoms with E-state index >= 15 is 0 Å². The molecule has 0 bridgehead atoms. The minimum atomic E-state index is -0.115. The van der Waals surface area contributed by atoms with Crippen molar-refractivity contribution in [3.05, 3.63) is 48.5 Å². The lowest BCUT2D eigenvalue weighted by Gasteiger charge is -2.25. The highest BCUT2D eigenvalue weighted by Gasteiger charge is 2.25. The maximum absolute atomic E-state index is 12.0. The van der Waals surface area contributed by atoms with Crippen LogP contribution in [0.5, 0.6) is 5.75 Å². The number of benzene rings is 2. The third kappa shape index (κ3) is 2.20. The molecule has 2 N–H and O–H groups in total. The first kappa shape index (κ1) is 12.5. The molecule has 1 aliphatic heterocycles. The lowest BCUT2D eigenvalue weighted by atomic mass is 10.1. The first-order chi connectivity index (χ1) is 9.65. The Balaban J connectivity index is 2.09. The van der Waals surface area contributed by atoms with Crippen LogP contribution >= 0.6 is 0 Å². The molecule has 0 fully saturated rings. The van der Waals surface area contributed by atoms with Gasteiger partial charge in [-0.25, -0.2) is 0 Å². The molecule has 0 aliphatic carbocycles. The topological polar surface area (TPSA) is 52.6 Å². The molecule has 4 nitrogen and oxygen atoms in total. The normalized spacial score (nSPS) is 18.1. The molecule has 0 saturated heterocycles. The van der Waals surface area contributed by atoms with Crippen LogP contribution in [0.25, 0.3) is 0 Å². The zero-order valence-corrected chi connectivity index (χ0v) is 11.2. The summed E-state index contributed by atoms with van der Waals surface area (Å²) in [6.45, 7) is 2.52. The minimum Gasteiger partial charge on any atom is -0.508 e. The van der Waals surface area contributed by atoms with Gasteiger partial charge in [-0.2, -0.15) is 0 Å².